The predicted molar refractivity (Wildman–Crippen MR) is 110 cm³/mol. The van der Waals surface area contributed by atoms with Crippen molar-refractivity contribution >= 4 is 5.69 Å². The number of ether oxygens (including phenoxy) is 4. The molecule has 2 N–H and O–H groups in total. The normalized spacial score (nSPS) is 29.0. The van der Waals surface area contributed by atoms with Gasteiger partial charge in [0.1, 0.15) is 0 Å². The maximum absolute atomic E-state index is 6.93. The van der Waals surface area contributed by atoms with Crippen molar-refractivity contribution in [3.63, 3.8) is 0 Å². The molecular formula is C24H27NO4. The SMILES string of the molecule is Nc1c(CC2CO2)c(CC2CO2)c(CC2CO2)c(CC2CO2)c1-c1ccccc1. The topological polar surface area (TPSA) is 76.1 Å². The fourth-order valence-electron chi connectivity index (χ4n) is 4.53. The Morgan fingerprint density at radius 2 is 1.03 bits per heavy atom. The summed E-state index contributed by atoms with van der Waals surface area (Å²) in [6, 6.07) is 10.6. The van der Waals surface area contributed by atoms with Crippen LogP contribution >= 0.6 is 0 Å². The molecule has 0 bridgehead atoms. The highest BCUT2D eigenvalue weighted by atomic mass is 16.6. The van der Waals surface area contributed by atoms with Gasteiger partial charge < -0.3 is 24.7 Å². The molecule has 0 aromatic heterocycles. The third-order valence-corrected chi connectivity index (χ3v) is 6.39. The number of nitrogen functional groups attached to an aromatic ring is 1. The third-order valence-electron chi connectivity index (χ3n) is 6.39. The van der Waals surface area contributed by atoms with E-state index in [1.165, 1.54) is 33.4 Å². The first-order valence-electron chi connectivity index (χ1n) is 10.7. The molecular weight excluding hydrogens is 366 g/mol. The Kier molecular flexibility index (Phi) is 4.38. The van der Waals surface area contributed by atoms with Gasteiger partial charge in [0, 0.05) is 36.9 Å². The Morgan fingerprint density at radius 1 is 0.621 bits per heavy atom. The minimum atomic E-state index is 0.294. The van der Waals surface area contributed by atoms with Crippen LogP contribution < -0.4 is 5.73 Å². The lowest BCUT2D eigenvalue weighted by Gasteiger charge is -2.25. The maximum atomic E-state index is 6.93. The number of benzene rings is 2. The van der Waals surface area contributed by atoms with Crippen LogP contribution in [-0.2, 0) is 44.6 Å². The molecule has 152 valence electrons. The zero-order valence-corrected chi connectivity index (χ0v) is 16.6. The molecule has 2 aromatic carbocycles. The Hall–Kier alpha value is -1.92. The molecule has 4 atom stereocenters. The van der Waals surface area contributed by atoms with Crippen LogP contribution in [0.15, 0.2) is 30.3 Å². The summed E-state index contributed by atoms with van der Waals surface area (Å²) in [5, 5.41) is 0. The molecule has 5 heteroatoms. The molecule has 0 amide bonds. The van der Waals surface area contributed by atoms with Gasteiger partial charge in [-0.25, -0.2) is 0 Å². The van der Waals surface area contributed by atoms with Crippen LogP contribution in [0.3, 0.4) is 0 Å². The average molecular weight is 393 g/mol. The smallest absolute Gasteiger partial charge is 0.0851 e. The van der Waals surface area contributed by atoms with E-state index in [4.69, 9.17) is 24.7 Å². The molecule has 4 aliphatic heterocycles. The van der Waals surface area contributed by atoms with Gasteiger partial charge in [0.25, 0.3) is 0 Å². The molecule has 0 saturated carbocycles. The van der Waals surface area contributed by atoms with Crippen LogP contribution in [-0.4, -0.2) is 50.8 Å². The van der Waals surface area contributed by atoms with Crippen molar-refractivity contribution < 1.29 is 18.9 Å². The van der Waals surface area contributed by atoms with Crippen LogP contribution in [0.1, 0.15) is 22.3 Å². The minimum absolute atomic E-state index is 0.294. The second-order valence-corrected chi connectivity index (χ2v) is 8.71. The lowest BCUT2D eigenvalue weighted by Crippen LogP contribution is -2.17. The predicted octanol–water partition coefficient (Wildman–Crippen LogP) is 2.70. The van der Waals surface area contributed by atoms with Gasteiger partial charge in [-0.1, -0.05) is 30.3 Å². The van der Waals surface area contributed by atoms with E-state index in [1.54, 1.807) is 0 Å². The van der Waals surface area contributed by atoms with Gasteiger partial charge in [0.05, 0.1) is 50.8 Å². The summed E-state index contributed by atoms with van der Waals surface area (Å²) in [6.45, 7) is 3.37. The molecule has 4 heterocycles. The van der Waals surface area contributed by atoms with E-state index in [2.05, 4.69) is 30.3 Å². The number of nitrogens with two attached hydrogens (primary N) is 1. The maximum Gasteiger partial charge on any atom is 0.0851 e. The average Bonchev–Trinajstić information content (AvgIpc) is 3.52. The van der Waals surface area contributed by atoms with Crippen molar-refractivity contribution in [2.75, 3.05) is 32.2 Å². The standard InChI is InChI=1S/C24H27NO4/c25-24-22(9-18-13-29-18)20(7-16-11-27-16)19(6-15-10-26-15)21(8-17-12-28-17)23(24)14-4-2-1-3-5-14/h1-5,15-18H,6-13,25H2. The largest absolute Gasteiger partial charge is 0.398 e. The Balaban J connectivity index is 1.56. The van der Waals surface area contributed by atoms with E-state index in [1.807, 2.05) is 0 Å². The van der Waals surface area contributed by atoms with Crippen molar-refractivity contribution in [3.8, 4) is 11.1 Å². The zero-order valence-electron chi connectivity index (χ0n) is 16.6. The summed E-state index contributed by atoms with van der Waals surface area (Å²) in [6.07, 6.45) is 4.91. The first kappa shape index (κ1) is 17.9. The highest BCUT2D eigenvalue weighted by Gasteiger charge is 2.36. The number of hydrogen-bond acceptors (Lipinski definition) is 5. The van der Waals surface area contributed by atoms with Crippen molar-refractivity contribution in [3.05, 3.63) is 52.6 Å². The molecule has 4 fully saturated rings. The molecule has 29 heavy (non-hydrogen) atoms. The second-order valence-electron chi connectivity index (χ2n) is 8.71. The molecule has 6 rings (SSSR count). The van der Waals surface area contributed by atoms with Gasteiger partial charge in [-0.2, -0.15) is 0 Å². The summed E-state index contributed by atoms with van der Waals surface area (Å²) >= 11 is 0. The number of anilines is 1. The van der Waals surface area contributed by atoms with Gasteiger partial charge in [-0.15, -0.1) is 0 Å². The van der Waals surface area contributed by atoms with E-state index in [0.29, 0.717) is 24.4 Å². The Labute approximate surface area is 171 Å². The minimum Gasteiger partial charge on any atom is -0.398 e. The lowest BCUT2D eigenvalue weighted by atomic mass is 9.80. The zero-order chi connectivity index (χ0) is 19.4. The summed E-state index contributed by atoms with van der Waals surface area (Å²) in [5.41, 5.74) is 15.6. The fraction of sp³-hybridized carbons (Fsp3) is 0.500. The van der Waals surface area contributed by atoms with Crippen LogP contribution in [0.25, 0.3) is 11.1 Å². The summed E-state index contributed by atoms with van der Waals surface area (Å²) < 4.78 is 22.5. The Morgan fingerprint density at radius 3 is 1.52 bits per heavy atom. The van der Waals surface area contributed by atoms with Gasteiger partial charge in [-0.3, -0.25) is 0 Å². The first-order valence-corrected chi connectivity index (χ1v) is 10.7. The summed E-state index contributed by atoms with van der Waals surface area (Å²) in [4.78, 5) is 0. The number of epoxide rings is 4. The van der Waals surface area contributed by atoms with Crippen molar-refractivity contribution in [2.24, 2.45) is 0 Å². The van der Waals surface area contributed by atoms with Crippen molar-refractivity contribution in [1.82, 2.24) is 0 Å². The molecule has 0 aliphatic carbocycles. The fourth-order valence-corrected chi connectivity index (χ4v) is 4.53. The highest BCUT2D eigenvalue weighted by Crippen LogP contribution is 2.43. The second kappa shape index (κ2) is 7.10. The van der Waals surface area contributed by atoms with Gasteiger partial charge in [0.2, 0.25) is 0 Å². The molecule has 4 saturated heterocycles. The quantitative estimate of drug-likeness (QED) is 0.524. The molecule has 0 radical (unpaired) electrons. The third kappa shape index (κ3) is 3.92. The van der Waals surface area contributed by atoms with Crippen LogP contribution in [0, 0.1) is 0 Å². The van der Waals surface area contributed by atoms with Crippen LogP contribution in [0.2, 0.25) is 0 Å². The molecule has 5 nitrogen and oxygen atoms in total. The van der Waals surface area contributed by atoms with Crippen molar-refractivity contribution in [1.29, 1.82) is 0 Å². The Bertz CT molecular complexity index is 912. The molecule has 4 aliphatic rings. The van der Waals surface area contributed by atoms with Crippen LogP contribution in [0.4, 0.5) is 5.69 Å². The van der Waals surface area contributed by atoms with Gasteiger partial charge in [0.15, 0.2) is 0 Å². The highest BCUT2D eigenvalue weighted by molar-refractivity contribution is 5.84. The van der Waals surface area contributed by atoms with E-state index >= 15 is 0 Å². The van der Waals surface area contributed by atoms with Gasteiger partial charge >= 0.3 is 0 Å². The number of hydrogen-bond donors (Lipinski definition) is 1. The van der Waals surface area contributed by atoms with Gasteiger partial charge in [-0.05, 0) is 27.8 Å². The lowest BCUT2D eigenvalue weighted by molar-refractivity contribution is 0.395. The van der Waals surface area contributed by atoms with E-state index in [0.717, 1.165) is 57.8 Å². The van der Waals surface area contributed by atoms with E-state index in [9.17, 15) is 0 Å². The van der Waals surface area contributed by atoms with E-state index < -0.39 is 0 Å². The number of rotatable bonds is 9. The molecule has 2 aromatic rings. The molecule has 0 spiro atoms. The molecule has 4 unspecified atom stereocenters. The summed E-state index contributed by atoms with van der Waals surface area (Å²) in [7, 11) is 0. The van der Waals surface area contributed by atoms with Crippen LogP contribution in [0.5, 0.6) is 0 Å². The van der Waals surface area contributed by atoms with Crippen molar-refractivity contribution in [2.45, 2.75) is 50.1 Å². The monoisotopic (exact) mass is 393 g/mol. The first-order chi connectivity index (χ1) is 14.3. The summed E-state index contributed by atoms with van der Waals surface area (Å²) in [5.74, 6) is 0. The van der Waals surface area contributed by atoms with E-state index in [-0.39, 0.29) is 0 Å².